The van der Waals surface area contributed by atoms with Crippen molar-refractivity contribution < 1.29 is 4.39 Å². The first-order chi connectivity index (χ1) is 9.79. The zero-order valence-corrected chi connectivity index (χ0v) is 14.3. The number of rotatable bonds is 3. The van der Waals surface area contributed by atoms with E-state index in [0.717, 1.165) is 5.56 Å². The van der Waals surface area contributed by atoms with Crippen LogP contribution in [0.4, 0.5) is 4.39 Å². The van der Waals surface area contributed by atoms with E-state index in [-0.39, 0.29) is 16.9 Å². The Morgan fingerprint density at radius 1 is 1.24 bits per heavy atom. The van der Waals surface area contributed by atoms with Crippen LogP contribution in [0.2, 0.25) is 5.02 Å². The lowest BCUT2D eigenvalue weighted by Crippen LogP contribution is -2.45. The van der Waals surface area contributed by atoms with Crippen LogP contribution < -0.4 is 5.32 Å². The molecule has 21 heavy (non-hydrogen) atoms. The molecule has 1 aliphatic carbocycles. The molecule has 2 rings (SSSR count). The lowest BCUT2D eigenvalue weighted by Gasteiger charge is -2.42. The van der Waals surface area contributed by atoms with Gasteiger partial charge in [-0.15, -0.1) is 0 Å². The third kappa shape index (κ3) is 4.20. The highest BCUT2D eigenvalue weighted by atomic mass is 35.5. The van der Waals surface area contributed by atoms with Gasteiger partial charge in [0.15, 0.2) is 0 Å². The molecule has 118 valence electrons. The molecule has 1 aromatic carbocycles. The average molecular weight is 312 g/mol. The average Bonchev–Trinajstić information content (AvgIpc) is 2.41. The molecule has 0 aliphatic heterocycles. The normalized spacial score (nSPS) is 24.9. The van der Waals surface area contributed by atoms with E-state index in [1.54, 1.807) is 12.1 Å². The summed E-state index contributed by atoms with van der Waals surface area (Å²) in [6.45, 7) is 9.08. The quantitative estimate of drug-likeness (QED) is 0.751. The molecule has 0 bridgehead atoms. The maximum absolute atomic E-state index is 13.6. The van der Waals surface area contributed by atoms with Crippen molar-refractivity contribution in [2.24, 2.45) is 11.3 Å². The highest BCUT2D eigenvalue weighted by molar-refractivity contribution is 6.30. The molecule has 3 unspecified atom stereocenters. The van der Waals surface area contributed by atoms with E-state index in [1.165, 1.54) is 25.7 Å². The summed E-state index contributed by atoms with van der Waals surface area (Å²) in [6.07, 6.45) is 5.10. The molecule has 0 spiro atoms. The van der Waals surface area contributed by atoms with Gasteiger partial charge in [0.2, 0.25) is 0 Å². The summed E-state index contributed by atoms with van der Waals surface area (Å²) in [7, 11) is 0. The first-order valence-corrected chi connectivity index (χ1v) is 8.38. The van der Waals surface area contributed by atoms with Crippen molar-refractivity contribution in [3.8, 4) is 0 Å². The maximum atomic E-state index is 13.6. The Morgan fingerprint density at radius 3 is 2.52 bits per heavy atom. The molecule has 1 saturated carbocycles. The predicted octanol–water partition coefficient (Wildman–Crippen LogP) is 5.73. The lowest BCUT2D eigenvalue weighted by molar-refractivity contribution is 0.124. The number of nitrogens with one attached hydrogen (secondary N) is 1. The largest absolute Gasteiger partial charge is 0.307 e. The lowest BCUT2D eigenvalue weighted by atomic mass is 9.69. The molecule has 0 saturated heterocycles. The van der Waals surface area contributed by atoms with E-state index < -0.39 is 0 Å². The highest BCUT2D eigenvalue weighted by Crippen LogP contribution is 2.38. The van der Waals surface area contributed by atoms with Crippen molar-refractivity contribution in [1.82, 2.24) is 5.32 Å². The van der Waals surface area contributed by atoms with Gasteiger partial charge in [-0.2, -0.15) is 0 Å². The first kappa shape index (κ1) is 16.8. The molecule has 1 fully saturated rings. The van der Waals surface area contributed by atoms with Gasteiger partial charge in [-0.1, -0.05) is 51.3 Å². The number of hydrogen-bond acceptors (Lipinski definition) is 1. The molecule has 0 aromatic heterocycles. The monoisotopic (exact) mass is 311 g/mol. The molecule has 1 nitrogen and oxygen atoms in total. The van der Waals surface area contributed by atoms with E-state index in [9.17, 15) is 4.39 Å². The Bertz CT molecular complexity index is 481. The van der Waals surface area contributed by atoms with Crippen LogP contribution in [0.5, 0.6) is 0 Å². The number of halogens is 2. The van der Waals surface area contributed by atoms with Gasteiger partial charge < -0.3 is 5.32 Å². The minimum absolute atomic E-state index is 0.143. The minimum Gasteiger partial charge on any atom is -0.307 e. The Morgan fingerprint density at radius 2 is 1.90 bits per heavy atom. The second-order valence-corrected chi connectivity index (χ2v) is 7.83. The third-order valence-electron chi connectivity index (χ3n) is 4.79. The van der Waals surface area contributed by atoms with Gasteiger partial charge in [0.05, 0.1) is 5.02 Å². The maximum Gasteiger partial charge on any atom is 0.142 e. The van der Waals surface area contributed by atoms with Gasteiger partial charge in [-0.3, -0.25) is 0 Å². The van der Waals surface area contributed by atoms with Crippen LogP contribution in [0.15, 0.2) is 18.2 Å². The van der Waals surface area contributed by atoms with Gasteiger partial charge >= 0.3 is 0 Å². The number of hydrogen-bond donors (Lipinski definition) is 1. The van der Waals surface area contributed by atoms with E-state index in [2.05, 4.69) is 33.0 Å². The molecule has 0 heterocycles. The fraction of sp³-hybridized carbons (Fsp3) is 0.667. The fourth-order valence-corrected chi connectivity index (χ4v) is 3.68. The number of benzene rings is 1. The molecule has 1 aromatic rings. The van der Waals surface area contributed by atoms with Crippen LogP contribution in [0.1, 0.15) is 65.0 Å². The Labute approximate surface area is 133 Å². The zero-order valence-electron chi connectivity index (χ0n) is 13.5. The molecule has 0 amide bonds. The highest BCUT2D eigenvalue weighted by Gasteiger charge is 2.34. The van der Waals surface area contributed by atoms with Gasteiger partial charge in [0, 0.05) is 12.1 Å². The summed E-state index contributed by atoms with van der Waals surface area (Å²) in [6, 6.07) is 5.76. The SMILES string of the molecule is CC(NC1CCCCC1C(C)(C)C)c1ccc(Cl)c(F)c1. The minimum atomic E-state index is -0.334. The standard InChI is InChI=1S/C18H27ClFN/c1-12(13-9-10-15(19)16(20)11-13)21-17-8-6-5-7-14(17)18(2,3)4/h9-12,14,17,21H,5-8H2,1-4H3. The summed E-state index contributed by atoms with van der Waals surface area (Å²) in [4.78, 5) is 0. The van der Waals surface area contributed by atoms with Crippen LogP contribution in [-0.2, 0) is 0 Å². The van der Waals surface area contributed by atoms with Crippen LogP contribution >= 0.6 is 11.6 Å². The van der Waals surface area contributed by atoms with Crippen molar-refractivity contribution in [3.63, 3.8) is 0 Å². The Balaban J connectivity index is 2.09. The molecule has 3 atom stereocenters. The van der Waals surface area contributed by atoms with Crippen molar-refractivity contribution in [2.75, 3.05) is 0 Å². The van der Waals surface area contributed by atoms with Gasteiger partial charge in [0.1, 0.15) is 5.82 Å². The molecule has 1 N–H and O–H groups in total. The smallest absolute Gasteiger partial charge is 0.142 e. The molecule has 0 radical (unpaired) electrons. The summed E-state index contributed by atoms with van der Waals surface area (Å²) in [5.41, 5.74) is 1.28. The molecule has 3 heteroatoms. The van der Waals surface area contributed by atoms with Crippen molar-refractivity contribution >= 4 is 11.6 Å². The van der Waals surface area contributed by atoms with Crippen LogP contribution in [0, 0.1) is 17.2 Å². The summed E-state index contributed by atoms with van der Waals surface area (Å²) < 4.78 is 13.6. The van der Waals surface area contributed by atoms with Crippen molar-refractivity contribution in [1.29, 1.82) is 0 Å². The second kappa shape index (κ2) is 6.66. The van der Waals surface area contributed by atoms with Crippen molar-refractivity contribution in [3.05, 3.63) is 34.6 Å². The predicted molar refractivity (Wildman–Crippen MR) is 88.2 cm³/mol. The first-order valence-electron chi connectivity index (χ1n) is 8.00. The summed E-state index contributed by atoms with van der Waals surface area (Å²) >= 11 is 5.76. The van der Waals surface area contributed by atoms with Crippen LogP contribution in [0.25, 0.3) is 0 Å². The molecular formula is C18H27ClFN. The summed E-state index contributed by atoms with van der Waals surface area (Å²) in [5.74, 6) is 0.338. The third-order valence-corrected chi connectivity index (χ3v) is 5.09. The van der Waals surface area contributed by atoms with E-state index in [1.807, 2.05) is 6.07 Å². The second-order valence-electron chi connectivity index (χ2n) is 7.43. The van der Waals surface area contributed by atoms with E-state index in [0.29, 0.717) is 17.4 Å². The fourth-order valence-electron chi connectivity index (χ4n) is 3.57. The zero-order chi connectivity index (χ0) is 15.6. The van der Waals surface area contributed by atoms with Crippen LogP contribution in [-0.4, -0.2) is 6.04 Å². The Hall–Kier alpha value is -0.600. The van der Waals surface area contributed by atoms with Gasteiger partial charge in [0.25, 0.3) is 0 Å². The van der Waals surface area contributed by atoms with Gasteiger partial charge in [-0.05, 0) is 48.8 Å². The van der Waals surface area contributed by atoms with Crippen molar-refractivity contribution in [2.45, 2.75) is 65.5 Å². The summed E-state index contributed by atoms with van der Waals surface area (Å²) in [5, 5.41) is 3.92. The van der Waals surface area contributed by atoms with E-state index in [4.69, 9.17) is 11.6 Å². The van der Waals surface area contributed by atoms with Crippen LogP contribution in [0.3, 0.4) is 0 Å². The topological polar surface area (TPSA) is 12.0 Å². The van der Waals surface area contributed by atoms with Gasteiger partial charge in [-0.25, -0.2) is 4.39 Å². The van der Waals surface area contributed by atoms with E-state index >= 15 is 0 Å². The molecule has 1 aliphatic rings. The Kier molecular flexibility index (Phi) is 5.32. The molecular weight excluding hydrogens is 285 g/mol.